The second kappa shape index (κ2) is 4.96. The highest BCUT2D eigenvalue weighted by atomic mass is 35.5. The lowest BCUT2D eigenvalue weighted by molar-refractivity contribution is 1.14. The van der Waals surface area contributed by atoms with E-state index in [-0.39, 0.29) is 0 Å². The zero-order valence-electron chi connectivity index (χ0n) is 9.56. The average Bonchev–Trinajstić information content (AvgIpc) is 2.79. The molecule has 4 heteroatoms. The minimum absolute atomic E-state index is 0.736. The van der Waals surface area contributed by atoms with Crippen molar-refractivity contribution >= 4 is 38.3 Å². The van der Waals surface area contributed by atoms with Gasteiger partial charge < -0.3 is 5.32 Å². The highest BCUT2D eigenvalue weighted by molar-refractivity contribution is 7.22. The number of aromatic nitrogens is 1. The Hall–Kier alpha value is -1.58. The van der Waals surface area contributed by atoms with Crippen LogP contribution in [0.1, 0.15) is 5.56 Å². The summed E-state index contributed by atoms with van der Waals surface area (Å²) in [6.45, 7) is 0.736. The van der Waals surface area contributed by atoms with Gasteiger partial charge in [0.05, 0.1) is 10.2 Å². The van der Waals surface area contributed by atoms with E-state index >= 15 is 0 Å². The van der Waals surface area contributed by atoms with Gasteiger partial charge >= 0.3 is 0 Å². The Balaban J connectivity index is 1.76. The minimum atomic E-state index is 0.736. The molecule has 0 amide bonds. The average molecular weight is 275 g/mol. The monoisotopic (exact) mass is 274 g/mol. The molecule has 0 saturated carbocycles. The summed E-state index contributed by atoms with van der Waals surface area (Å²) in [6.07, 6.45) is 0. The molecule has 0 aliphatic rings. The number of anilines is 1. The maximum atomic E-state index is 5.95. The molecule has 0 radical (unpaired) electrons. The van der Waals surface area contributed by atoms with Crippen LogP contribution in [-0.2, 0) is 6.54 Å². The van der Waals surface area contributed by atoms with Crippen molar-refractivity contribution in [2.24, 2.45) is 0 Å². The lowest BCUT2D eigenvalue weighted by atomic mass is 10.2. The molecule has 2 aromatic carbocycles. The van der Waals surface area contributed by atoms with E-state index in [1.165, 1.54) is 4.70 Å². The number of hydrogen-bond acceptors (Lipinski definition) is 3. The SMILES string of the molecule is Clc1cccc(CNc2nc3ccccc3s2)c1. The number of thiazole rings is 1. The fourth-order valence-electron chi connectivity index (χ4n) is 1.77. The highest BCUT2D eigenvalue weighted by Crippen LogP contribution is 2.25. The lowest BCUT2D eigenvalue weighted by Gasteiger charge is -2.02. The third-order valence-electron chi connectivity index (χ3n) is 2.63. The van der Waals surface area contributed by atoms with Crippen molar-refractivity contribution in [3.05, 3.63) is 59.1 Å². The second-order valence-corrected chi connectivity index (χ2v) is 5.44. The number of hydrogen-bond donors (Lipinski definition) is 1. The first-order valence-corrected chi connectivity index (χ1v) is 6.84. The lowest BCUT2D eigenvalue weighted by Crippen LogP contribution is -1.98. The molecular weight excluding hydrogens is 264 g/mol. The van der Waals surface area contributed by atoms with Crippen LogP contribution in [0.3, 0.4) is 0 Å². The number of nitrogens with zero attached hydrogens (tertiary/aromatic N) is 1. The second-order valence-electron chi connectivity index (χ2n) is 3.97. The predicted molar refractivity (Wildman–Crippen MR) is 78.4 cm³/mol. The zero-order valence-corrected chi connectivity index (χ0v) is 11.1. The molecule has 0 unspecified atom stereocenters. The highest BCUT2D eigenvalue weighted by Gasteiger charge is 2.02. The maximum Gasteiger partial charge on any atom is 0.184 e. The van der Waals surface area contributed by atoms with Crippen molar-refractivity contribution in [3.8, 4) is 0 Å². The largest absolute Gasteiger partial charge is 0.357 e. The molecule has 1 aromatic heterocycles. The van der Waals surface area contributed by atoms with E-state index in [9.17, 15) is 0 Å². The van der Waals surface area contributed by atoms with Crippen molar-refractivity contribution in [1.82, 2.24) is 4.98 Å². The molecule has 3 rings (SSSR count). The standard InChI is InChI=1S/C14H11ClN2S/c15-11-5-3-4-10(8-11)9-16-14-17-12-6-1-2-7-13(12)18-14/h1-8H,9H2,(H,16,17). The van der Waals surface area contributed by atoms with E-state index in [1.807, 2.05) is 42.5 Å². The van der Waals surface area contributed by atoms with Gasteiger partial charge in [-0.05, 0) is 29.8 Å². The molecule has 90 valence electrons. The van der Waals surface area contributed by atoms with Gasteiger partial charge in [0, 0.05) is 11.6 Å². The molecule has 0 bridgehead atoms. The number of halogens is 1. The predicted octanol–water partition coefficient (Wildman–Crippen LogP) is 4.56. The third-order valence-corrected chi connectivity index (χ3v) is 3.86. The molecule has 2 nitrogen and oxygen atoms in total. The summed E-state index contributed by atoms with van der Waals surface area (Å²) in [5, 5.41) is 5.03. The van der Waals surface area contributed by atoms with Crippen LogP contribution < -0.4 is 5.32 Å². The quantitative estimate of drug-likeness (QED) is 0.757. The van der Waals surface area contributed by atoms with E-state index in [1.54, 1.807) is 11.3 Å². The van der Waals surface area contributed by atoms with Crippen LogP contribution in [0.5, 0.6) is 0 Å². The molecule has 1 heterocycles. The Bertz CT molecular complexity index is 645. The molecule has 18 heavy (non-hydrogen) atoms. The van der Waals surface area contributed by atoms with Crippen molar-refractivity contribution in [2.75, 3.05) is 5.32 Å². The molecular formula is C14H11ClN2S. The van der Waals surface area contributed by atoms with Gasteiger partial charge in [0.15, 0.2) is 5.13 Å². The van der Waals surface area contributed by atoms with Crippen LogP contribution in [-0.4, -0.2) is 4.98 Å². The Labute approximate surface area is 114 Å². The Kier molecular flexibility index (Phi) is 3.17. The maximum absolute atomic E-state index is 5.95. The third kappa shape index (κ3) is 2.47. The van der Waals surface area contributed by atoms with Crippen LogP contribution in [0.25, 0.3) is 10.2 Å². The normalized spacial score (nSPS) is 10.7. The summed E-state index contributed by atoms with van der Waals surface area (Å²) in [5.41, 5.74) is 2.19. The molecule has 0 atom stereocenters. The number of rotatable bonds is 3. The van der Waals surface area contributed by atoms with Gasteiger partial charge in [-0.25, -0.2) is 4.98 Å². The molecule has 0 fully saturated rings. The van der Waals surface area contributed by atoms with Crippen LogP contribution >= 0.6 is 22.9 Å². The Morgan fingerprint density at radius 3 is 2.83 bits per heavy atom. The van der Waals surface area contributed by atoms with Gasteiger partial charge in [0.1, 0.15) is 0 Å². The molecule has 0 spiro atoms. The number of nitrogens with one attached hydrogen (secondary N) is 1. The molecule has 0 saturated heterocycles. The smallest absolute Gasteiger partial charge is 0.184 e. The van der Waals surface area contributed by atoms with Gasteiger partial charge in [0.25, 0.3) is 0 Å². The van der Waals surface area contributed by atoms with Gasteiger partial charge in [-0.2, -0.15) is 0 Å². The van der Waals surface area contributed by atoms with Crippen molar-refractivity contribution < 1.29 is 0 Å². The Morgan fingerprint density at radius 1 is 1.11 bits per heavy atom. The Morgan fingerprint density at radius 2 is 2.00 bits per heavy atom. The summed E-state index contributed by atoms with van der Waals surface area (Å²) in [4.78, 5) is 4.52. The van der Waals surface area contributed by atoms with Gasteiger partial charge in [-0.15, -0.1) is 0 Å². The van der Waals surface area contributed by atoms with Crippen LogP contribution in [0, 0.1) is 0 Å². The number of fused-ring (bicyclic) bond motifs is 1. The fraction of sp³-hybridized carbons (Fsp3) is 0.0714. The van der Waals surface area contributed by atoms with E-state index in [4.69, 9.17) is 11.6 Å². The summed E-state index contributed by atoms with van der Waals surface area (Å²) in [7, 11) is 0. The van der Waals surface area contributed by atoms with E-state index in [0.29, 0.717) is 0 Å². The molecule has 1 N–H and O–H groups in total. The van der Waals surface area contributed by atoms with Gasteiger partial charge in [0.2, 0.25) is 0 Å². The summed E-state index contributed by atoms with van der Waals surface area (Å²) >= 11 is 7.62. The van der Waals surface area contributed by atoms with Crippen molar-refractivity contribution in [2.45, 2.75) is 6.54 Å². The van der Waals surface area contributed by atoms with Crippen molar-refractivity contribution in [1.29, 1.82) is 0 Å². The number of benzene rings is 2. The van der Waals surface area contributed by atoms with Crippen LogP contribution in [0.15, 0.2) is 48.5 Å². The molecule has 0 aliphatic heterocycles. The zero-order chi connectivity index (χ0) is 12.4. The van der Waals surface area contributed by atoms with Crippen molar-refractivity contribution in [3.63, 3.8) is 0 Å². The minimum Gasteiger partial charge on any atom is -0.357 e. The topological polar surface area (TPSA) is 24.9 Å². The van der Waals surface area contributed by atoms with Gasteiger partial charge in [-0.3, -0.25) is 0 Å². The fourth-order valence-corrected chi connectivity index (χ4v) is 2.85. The van der Waals surface area contributed by atoms with E-state index in [2.05, 4.69) is 16.4 Å². The summed E-state index contributed by atoms with van der Waals surface area (Å²) in [6, 6.07) is 16.0. The summed E-state index contributed by atoms with van der Waals surface area (Å²) in [5.74, 6) is 0. The first kappa shape index (κ1) is 11.5. The first-order valence-electron chi connectivity index (χ1n) is 5.65. The van der Waals surface area contributed by atoms with Gasteiger partial charge in [-0.1, -0.05) is 47.2 Å². The first-order chi connectivity index (χ1) is 8.81. The number of para-hydroxylation sites is 1. The van der Waals surface area contributed by atoms with Crippen LogP contribution in [0.4, 0.5) is 5.13 Å². The molecule has 3 aromatic rings. The van der Waals surface area contributed by atoms with E-state index < -0.39 is 0 Å². The van der Waals surface area contributed by atoms with Crippen LogP contribution in [0.2, 0.25) is 5.02 Å². The molecule has 0 aliphatic carbocycles. The summed E-state index contributed by atoms with van der Waals surface area (Å²) < 4.78 is 1.20. The van der Waals surface area contributed by atoms with E-state index in [0.717, 1.165) is 27.8 Å².